The van der Waals surface area contributed by atoms with Crippen molar-refractivity contribution in [2.45, 2.75) is 12.1 Å². The molecule has 0 spiro atoms. The summed E-state index contributed by atoms with van der Waals surface area (Å²) in [6, 6.07) is 19.7. The average Bonchev–Trinajstić information content (AvgIpc) is 3.27. The number of fused-ring (bicyclic) bond motifs is 3. The summed E-state index contributed by atoms with van der Waals surface area (Å²) in [5, 5.41) is 8.45. The minimum atomic E-state index is -0.668. The number of rotatable bonds is 2. The molecule has 0 aliphatic carbocycles. The smallest absolute Gasteiger partial charge is 0.226 e. The molecule has 0 radical (unpaired) electrons. The quantitative estimate of drug-likeness (QED) is 0.340. The van der Waals surface area contributed by atoms with Crippen molar-refractivity contribution >= 4 is 39.2 Å². The third-order valence-corrected chi connectivity index (χ3v) is 6.51. The fourth-order valence-corrected chi connectivity index (χ4v) is 4.79. The molecule has 2 aliphatic rings. The van der Waals surface area contributed by atoms with Crippen LogP contribution >= 0.6 is 27.5 Å². The van der Waals surface area contributed by atoms with Gasteiger partial charge in [-0.2, -0.15) is 10.1 Å². The predicted molar refractivity (Wildman–Crippen MR) is 124 cm³/mol. The second-order valence-corrected chi connectivity index (χ2v) is 8.95. The number of hydrogen-bond acceptors (Lipinski definition) is 4. The van der Waals surface area contributed by atoms with Gasteiger partial charge in [-0.3, -0.25) is 0 Å². The Kier molecular flexibility index (Phi) is 4.55. The maximum atomic E-state index is 15.0. The van der Waals surface area contributed by atoms with Crippen molar-refractivity contribution in [1.82, 2.24) is 14.8 Å². The van der Waals surface area contributed by atoms with E-state index in [4.69, 9.17) is 16.3 Å². The van der Waals surface area contributed by atoms with Gasteiger partial charge >= 0.3 is 0 Å². The maximum absolute atomic E-state index is 15.0. The summed E-state index contributed by atoms with van der Waals surface area (Å²) in [5.74, 6) is 0.883. The number of ether oxygens (including phenoxy) is 1. The standard InChI is InChI=1S/C24H15BrClFN4O/c25-14-7-5-13(6-8-14)22-20-21(30-24-28-12-29-31(22)24)17-11-15(26)9-10-19(17)32-23(20)16-3-1-2-4-18(16)27/h1-12,22-23H,(H,28,29,30)/t22-,23+/m0/s1. The number of anilines is 1. The van der Waals surface area contributed by atoms with Crippen LogP contribution in [0.25, 0.3) is 5.70 Å². The van der Waals surface area contributed by atoms with Crippen molar-refractivity contribution in [2.24, 2.45) is 0 Å². The van der Waals surface area contributed by atoms with E-state index in [9.17, 15) is 0 Å². The molecular weight excluding hydrogens is 495 g/mol. The lowest BCUT2D eigenvalue weighted by Crippen LogP contribution is -2.32. The Morgan fingerprint density at radius 3 is 2.69 bits per heavy atom. The predicted octanol–water partition coefficient (Wildman–Crippen LogP) is 6.39. The molecule has 158 valence electrons. The van der Waals surface area contributed by atoms with E-state index in [2.05, 4.69) is 31.3 Å². The normalized spacial score (nSPS) is 18.8. The number of benzene rings is 3. The number of nitrogens with one attached hydrogen (secondary N) is 1. The van der Waals surface area contributed by atoms with E-state index < -0.39 is 6.10 Å². The number of nitrogens with zero attached hydrogens (tertiary/aromatic N) is 3. The summed E-state index contributed by atoms with van der Waals surface area (Å²) >= 11 is 9.83. The molecule has 0 bridgehead atoms. The number of halogens is 3. The van der Waals surface area contributed by atoms with Crippen molar-refractivity contribution in [3.63, 3.8) is 0 Å². The fourth-order valence-electron chi connectivity index (χ4n) is 4.35. The first-order valence-corrected chi connectivity index (χ1v) is 11.1. The van der Waals surface area contributed by atoms with Gasteiger partial charge in [0, 0.05) is 26.2 Å². The van der Waals surface area contributed by atoms with Crippen LogP contribution in [0.2, 0.25) is 5.02 Å². The number of hydrogen-bond donors (Lipinski definition) is 1. The van der Waals surface area contributed by atoms with Crippen LogP contribution in [0.1, 0.15) is 28.8 Å². The van der Waals surface area contributed by atoms with Crippen molar-refractivity contribution in [3.8, 4) is 5.75 Å². The zero-order valence-corrected chi connectivity index (χ0v) is 18.8. The monoisotopic (exact) mass is 508 g/mol. The first kappa shape index (κ1) is 19.5. The first-order valence-electron chi connectivity index (χ1n) is 9.97. The third kappa shape index (κ3) is 3.04. The molecule has 8 heteroatoms. The molecule has 2 atom stereocenters. The summed E-state index contributed by atoms with van der Waals surface area (Å²) in [5.41, 5.74) is 3.87. The highest BCUT2D eigenvalue weighted by atomic mass is 79.9. The molecule has 32 heavy (non-hydrogen) atoms. The Labute approximate surface area is 196 Å². The molecule has 2 aliphatic heterocycles. The van der Waals surface area contributed by atoms with Gasteiger partial charge in [-0.1, -0.05) is 57.9 Å². The fraction of sp³-hybridized carbons (Fsp3) is 0.0833. The molecule has 1 N–H and O–H groups in total. The van der Waals surface area contributed by atoms with Crippen molar-refractivity contribution < 1.29 is 9.13 Å². The SMILES string of the molecule is Fc1ccccc1[C@H]1Oc2ccc(Cl)cc2C2=C1[C@H](c1ccc(Br)cc1)n1ncnc1N2. The second-order valence-electron chi connectivity index (χ2n) is 7.60. The lowest BCUT2D eigenvalue weighted by atomic mass is 9.84. The summed E-state index contributed by atoms with van der Waals surface area (Å²) in [6.07, 6.45) is 0.836. The summed E-state index contributed by atoms with van der Waals surface area (Å²) in [6.45, 7) is 0. The average molecular weight is 510 g/mol. The van der Waals surface area contributed by atoms with Gasteiger partial charge in [-0.05, 0) is 42.0 Å². The Morgan fingerprint density at radius 1 is 1.06 bits per heavy atom. The van der Waals surface area contributed by atoms with Crippen molar-refractivity contribution in [1.29, 1.82) is 0 Å². The van der Waals surface area contributed by atoms with Crippen LogP contribution in [-0.2, 0) is 0 Å². The van der Waals surface area contributed by atoms with Crippen LogP contribution < -0.4 is 10.1 Å². The Morgan fingerprint density at radius 2 is 1.88 bits per heavy atom. The van der Waals surface area contributed by atoms with Gasteiger partial charge in [0.2, 0.25) is 5.95 Å². The van der Waals surface area contributed by atoms with E-state index in [0.717, 1.165) is 26.9 Å². The molecule has 1 aromatic heterocycles. The largest absolute Gasteiger partial charge is 0.480 e. The molecule has 4 aromatic rings. The van der Waals surface area contributed by atoms with E-state index in [1.165, 1.54) is 12.4 Å². The molecule has 0 saturated carbocycles. The van der Waals surface area contributed by atoms with Crippen LogP contribution in [0.3, 0.4) is 0 Å². The van der Waals surface area contributed by atoms with Gasteiger partial charge in [0.05, 0.1) is 5.70 Å². The lowest BCUT2D eigenvalue weighted by Gasteiger charge is -2.39. The molecular formula is C24H15BrClFN4O. The Hall–Kier alpha value is -3.16. The van der Waals surface area contributed by atoms with Gasteiger partial charge in [0.1, 0.15) is 23.9 Å². The highest BCUT2D eigenvalue weighted by Gasteiger charge is 2.41. The lowest BCUT2D eigenvalue weighted by molar-refractivity contribution is 0.218. The van der Waals surface area contributed by atoms with Gasteiger partial charge in [0.15, 0.2) is 6.10 Å². The third-order valence-electron chi connectivity index (χ3n) is 5.75. The highest BCUT2D eigenvalue weighted by Crippen LogP contribution is 2.51. The van der Waals surface area contributed by atoms with Crippen LogP contribution in [0.5, 0.6) is 5.75 Å². The molecule has 3 heterocycles. The van der Waals surface area contributed by atoms with E-state index in [1.54, 1.807) is 22.9 Å². The van der Waals surface area contributed by atoms with Gasteiger partial charge in [-0.25, -0.2) is 9.07 Å². The van der Waals surface area contributed by atoms with Crippen LogP contribution in [0.15, 0.2) is 83.1 Å². The second kappa shape index (κ2) is 7.46. The maximum Gasteiger partial charge on any atom is 0.226 e. The highest BCUT2D eigenvalue weighted by molar-refractivity contribution is 9.10. The van der Waals surface area contributed by atoms with E-state index >= 15 is 4.39 Å². The Balaban J connectivity index is 1.65. The van der Waals surface area contributed by atoms with Crippen molar-refractivity contribution in [2.75, 3.05) is 5.32 Å². The minimum Gasteiger partial charge on any atom is -0.480 e. The molecule has 0 unspecified atom stereocenters. The topological polar surface area (TPSA) is 52.0 Å². The zero-order chi connectivity index (χ0) is 21.8. The molecule has 5 nitrogen and oxygen atoms in total. The van der Waals surface area contributed by atoms with Gasteiger partial charge < -0.3 is 10.1 Å². The molecule has 0 fully saturated rings. The minimum absolute atomic E-state index is 0.333. The van der Waals surface area contributed by atoms with E-state index in [0.29, 0.717) is 22.3 Å². The van der Waals surface area contributed by atoms with Crippen LogP contribution in [0.4, 0.5) is 10.3 Å². The molecule has 0 saturated heterocycles. The van der Waals surface area contributed by atoms with Crippen molar-refractivity contribution in [3.05, 3.63) is 111 Å². The van der Waals surface area contributed by atoms with Gasteiger partial charge in [-0.15, -0.1) is 0 Å². The van der Waals surface area contributed by atoms with Crippen LogP contribution in [-0.4, -0.2) is 14.8 Å². The van der Waals surface area contributed by atoms with Crippen LogP contribution in [0, 0.1) is 5.82 Å². The molecule has 6 rings (SSSR count). The van der Waals surface area contributed by atoms with E-state index in [-0.39, 0.29) is 11.9 Å². The summed E-state index contributed by atoms with van der Waals surface area (Å²) < 4.78 is 24.2. The van der Waals surface area contributed by atoms with Gasteiger partial charge in [0.25, 0.3) is 0 Å². The molecule has 0 amide bonds. The summed E-state index contributed by atoms with van der Waals surface area (Å²) in [7, 11) is 0. The van der Waals surface area contributed by atoms with E-state index in [1.807, 2.05) is 42.5 Å². The Bertz CT molecular complexity index is 1390. The first-order chi connectivity index (χ1) is 15.6. The molecule has 3 aromatic carbocycles. The number of aromatic nitrogens is 3. The summed E-state index contributed by atoms with van der Waals surface area (Å²) in [4.78, 5) is 4.40. The zero-order valence-electron chi connectivity index (χ0n) is 16.5.